The van der Waals surface area contributed by atoms with Crippen molar-refractivity contribution in [2.24, 2.45) is 5.92 Å². The summed E-state index contributed by atoms with van der Waals surface area (Å²) in [6.07, 6.45) is 3.54. The lowest BCUT2D eigenvalue weighted by Crippen LogP contribution is -2.40. The molecule has 0 aliphatic carbocycles. The van der Waals surface area contributed by atoms with Crippen LogP contribution in [0.3, 0.4) is 0 Å². The fraction of sp³-hybridized carbons (Fsp3) is 0.421. The molecule has 0 radical (unpaired) electrons. The minimum absolute atomic E-state index is 0.0230. The third kappa shape index (κ3) is 4.28. The Labute approximate surface area is 151 Å². The van der Waals surface area contributed by atoms with Gasteiger partial charge in [-0.15, -0.1) is 0 Å². The summed E-state index contributed by atoms with van der Waals surface area (Å²) in [7, 11) is 1.39. The van der Waals surface area contributed by atoms with E-state index in [0.29, 0.717) is 50.4 Å². The molecule has 7 heteroatoms. The lowest BCUT2D eigenvalue weighted by molar-refractivity contribution is -0.148. The van der Waals surface area contributed by atoms with Crippen molar-refractivity contribution < 1.29 is 23.1 Å². The average molecular weight is 360 g/mol. The number of aromatic nitrogens is 1. The van der Waals surface area contributed by atoms with E-state index in [1.54, 1.807) is 23.2 Å². The Kier molecular flexibility index (Phi) is 5.65. The number of halogens is 1. The van der Waals surface area contributed by atoms with Crippen LogP contribution in [-0.2, 0) is 20.7 Å². The summed E-state index contributed by atoms with van der Waals surface area (Å²) in [5.74, 6) is 0.414. The maximum atomic E-state index is 13.0. The van der Waals surface area contributed by atoms with E-state index in [0.717, 1.165) is 5.56 Å². The zero-order valence-electron chi connectivity index (χ0n) is 14.6. The fourth-order valence-corrected chi connectivity index (χ4v) is 3.08. The highest BCUT2D eigenvalue weighted by Crippen LogP contribution is 2.22. The molecule has 1 aliphatic rings. The molecular formula is C19H21FN2O4. The number of methoxy groups -OCH3 is 1. The first-order chi connectivity index (χ1) is 12.6. The second-order valence-electron chi connectivity index (χ2n) is 6.30. The van der Waals surface area contributed by atoms with E-state index in [1.165, 1.54) is 19.2 Å². The molecule has 1 amide bonds. The molecule has 1 fully saturated rings. The summed E-state index contributed by atoms with van der Waals surface area (Å²) >= 11 is 0. The lowest BCUT2D eigenvalue weighted by atomic mass is 9.97. The van der Waals surface area contributed by atoms with Crippen molar-refractivity contribution in [3.8, 4) is 11.3 Å². The van der Waals surface area contributed by atoms with E-state index < -0.39 is 0 Å². The van der Waals surface area contributed by atoms with Crippen molar-refractivity contribution in [3.63, 3.8) is 0 Å². The van der Waals surface area contributed by atoms with Gasteiger partial charge in [0.15, 0.2) is 11.7 Å². The monoisotopic (exact) mass is 360 g/mol. The van der Waals surface area contributed by atoms with Crippen LogP contribution in [0, 0.1) is 11.7 Å². The molecule has 138 valence electrons. The first-order valence-corrected chi connectivity index (χ1v) is 8.63. The SMILES string of the molecule is COC(=O)C1CCN(C(=O)CCc2ncc(-c3ccc(F)cc3)o2)CC1. The normalized spacial score (nSPS) is 15.1. The molecule has 0 N–H and O–H groups in total. The van der Waals surface area contributed by atoms with Gasteiger partial charge in [0, 0.05) is 31.5 Å². The van der Waals surface area contributed by atoms with Gasteiger partial charge in [-0.3, -0.25) is 9.59 Å². The number of hydrogen-bond donors (Lipinski definition) is 0. The first-order valence-electron chi connectivity index (χ1n) is 8.63. The molecule has 0 spiro atoms. The predicted octanol–water partition coefficient (Wildman–Crippen LogP) is 2.82. The molecule has 1 aromatic carbocycles. The Morgan fingerprint density at radius 1 is 1.27 bits per heavy atom. The maximum absolute atomic E-state index is 13.0. The van der Waals surface area contributed by atoms with E-state index in [-0.39, 0.29) is 23.6 Å². The third-order valence-corrected chi connectivity index (χ3v) is 4.62. The Morgan fingerprint density at radius 3 is 2.62 bits per heavy atom. The van der Waals surface area contributed by atoms with Gasteiger partial charge in [-0.2, -0.15) is 0 Å². The van der Waals surface area contributed by atoms with Gasteiger partial charge >= 0.3 is 5.97 Å². The van der Waals surface area contributed by atoms with Crippen molar-refractivity contribution >= 4 is 11.9 Å². The predicted molar refractivity (Wildman–Crippen MR) is 91.5 cm³/mol. The molecular weight excluding hydrogens is 339 g/mol. The molecule has 0 bridgehead atoms. The zero-order chi connectivity index (χ0) is 18.5. The van der Waals surface area contributed by atoms with Crippen LogP contribution in [0.1, 0.15) is 25.2 Å². The van der Waals surface area contributed by atoms with E-state index in [9.17, 15) is 14.0 Å². The summed E-state index contributed by atoms with van der Waals surface area (Å²) in [6.45, 7) is 1.12. The lowest BCUT2D eigenvalue weighted by Gasteiger charge is -2.30. The number of esters is 1. The van der Waals surface area contributed by atoms with E-state index >= 15 is 0 Å². The summed E-state index contributed by atoms with van der Waals surface area (Å²) in [4.78, 5) is 29.8. The van der Waals surface area contributed by atoms with E-state index in [2.05, 4.69) is 4.98 Å². The molecule has 0 atom stereocenters. The Hall–Kier alpha value is -2.70. The van der Waals surface area contributed by atoms with Crippen molar-refractivity contribution in [1.82, 2.24) is 9.88 Å². The number of benzene rings is 1. The van der Waals surface area contributed by atoms with E-state index in [4.69, 9.17) is 9.15 Å². The number of oxazole rings is 1. The van der Waals surface area contributed by atoms with Crippen LogP contribution >= 0.6 is 0 Å². The van der Waals surface area contributed by atoms with Gasteiger partial charge in [0.2, 0.25) is 5.91 Å². The molecule has 0 saturated carbocycles. The van der Waals surface area contributed by atoms with Crippen LogP contribution in [0.4, 0.5) is 4.39 Å². The number of aryl methyl sites for hydroxylation is 1. The van der Waals surface area contributed by atoms with Crippen LogP contribution in [-0.4, -0.2) is 42.0 Å². The second kappa shape index (κ2) is 8.12. The molecule has 0 unspecified atom stereocenters. The summed E-state index contributed by atoms with van der Waals surface area (Å²) in [5, 5.41) is 0. The number of carbonyl (C=O) groups is 2. The Morgan fingerprint density at radius 2 is 1.96 bits per heavy atom. The van der Waals surface area contributed by atoms with Gasteiger partial charge in [-0.1, -0.05) is 0 Å². The first kappa shape index (κ1) is 18.1. The largest absolute Gasteiger partial charge is 0.469 e. The summed E-state index contributed by atoms with van der Waals surface area (Å²) < 4.78 is 23.4. The average Bonchev–Trinajstić information content (AvgIpc) is 3.15. The Balaban J connectivity index is 1.49. The van der Waals surface area contributed by atoms with Crippen LogP contribution in [0.15, 0.2) is 34.9 Å². The smallest absolute Gasteiger partial charge is 0.308 e. The van der Waals surface area contributed by atoms with Crippen molar-refractivity contribution in [2.45, 2.75) is 25.7 Å². The van der Waals surface area contributed by atoms with Crippen LogP contribution < -0.4 is 0 Å². The molecule has 6 nitrogen and oxygen atoms in total. The fourth-order valence-electron chi connectivity index (χ4n) is 3.08. The highest BCUT2D eigenvalue weighted by atomic mass is 19.1. The molecule has 3 rings (SSSR count). The van der Waals surface area contributed by atoms with E-state index in [1.807, 2.05) is 0 Å². The number of ether oxygens (including phenoxy) is 1. The summed E-state index contributed by atoms with van der Waals surface area (Å²) in [6, 6.07) is 5.96. The second-order valence-corrected chi connectivity index (χ2v) is 6.30. The number of carbonyl (C=O) groups excluding carboxylic acids is 2. The molecule has 2 heterocycles. The highest BCUT2D eigenvalue weighted by molar-refractivity contribution is 5.77. The van der Waals surface area contributed by atoms with Crippen LogP contribution in [0.5, 0.6) is 0 Å². The van der Waals surface area contributed by atoms with Gasteiger partial charge in [-0.05, 0) is 37.1 Å². The van der Waals surface area contributed by atoms with Crippen molar-refractivity contribution in [2.75, 3.05) is 20.2 Å². The number of piperidine rings is 1. The van der Waals surface area contributed by atoms with Gasteiger partial charge in [0.1, 0.15) is 5.82 Å². The standard InChI is InChI=1S/C19H21FN2O4/c1-25-19(24)14-8-10-22(11-9-14)18(23)7-6-17-21-12-16(26-17)13-2-4-15(20)5-3-13/h2-5,12,14H,6-11H2,1H3. The van der Waals surface area contributed by atoms with Gasteiger partial charge < -0.3 is 14.1 Å². The highest BCUT2D eigenvalue weighted by Gasteiger charge is 2.27. The molecule has 1 saturated heterocycles. The number of hydrogen-bond acceptors (Lipinski definition) is 5. The number of likely N-dealkylation sites (tertiary alicyclic amines) is 1. The number of nitrogens with zero attached hydrogens (tertiary/aromatic N) is 2. The topological polar surface area (TPSA) is 72.6 Å². The summed E-state index contributed by atoms with van der Waals surface area (Å²) in [5.41, 5.74) is 0.737. The Bertz CT molecular complexity index is 764. The minimum Gasteiger partial charge on any atom is -0.469 e. The molecule has 1 aromatic heterocycles. The quantitative estimate of drug-likeness (QED) is 0.767. The minimum atomic E-state index is -0.310. The van der Waals surface area contributed by atoms with Crippen molar-refractivity contribution in [1.29, 1.82) is 0 Å². The van der Waals surface area contributed by atoms with Crippen LogP contribution in [0.2, 0.25) is 0 Å². The van der Waals surface area contributed by atoms with Crippen molar-refractivity contribution in [3.05, 3.63) is 42.2 Å². The number of rotatable bonds is 5. The van der Waals surface area contributed by atoms with Gasteiger partial charge in [0.05, 0.1) is 19.2 Å². The number of amides is 1. The maximum Gasteiger partial charge on any atom is 0.308 e. The molecule has 2 aromatic rings. The molecule has 1 aliphatic heterocycles. The van der Waals surface area contributed by atoms with Crippen LogP contribution in [0.25, 0.3) is 11.3 Å². The zero-order valence-corrected chi connectivity index (χ0v) is 14.6. The van der Waals surface area contributed by atoms with Gasteiger partial charge in [0.25, 0.3) is 0 Å². The molecule has 26 heavy (non-hydrogen) atoms. The van der Waals surface area contributed by atoms with Gasteiger partial charge in [-0.25, -0.2) is 9.37 Å². The third-order valence-electron chi connectivity index (χ3n) is 4.62.